The topological polar surface area (TPSA) is 23.8 Å². The van der Waals surface area contributed by atoms with Gasteiger partial charge in [0.1, 0.15) is 0 Å². The molecule has 0 heterocycles. The number of rotatable bonds is 1. The van der Waals surface area contributed by atoms with Crippen molar-refractivity contribution < 1.29 is 0 Å². The van der Waals surface area contributed by atoms with Crippen LogP contribution in [-0.4, -0.2) is 8.07 Å². The van der Waals surface area contributed by atoms with Gasteiger partial charge in [0.15, 0.2) is 8.07 Å². The maximum Gasteiger partial charge on any atom is 0.198 e. The van der Waals surface area contributed by atoms with Gasteiger partial charge in [-0.05, 0) is 5.19 Å². The smallest absolute Gasteiger partial charge is 0.198 e. The van der Waals surface area contributed by atoms with Crippen LogP contribution in [-0.2, 0) is 0 Å². The fourth-order valence-electron chi connectivity index (χ4n) is 0.919. The summed E-state index contributed by atoms with van der Waals surface area (Å²) in [7, 11) is -1.75. The van der Waals surface area contributed by atoms with E-state index in [1.165, 1.54) is 5.19 Å². The number of hydrogen-bond acceptors (Lipinski definition) is 1. The first kappa shape index (κ1) is 8.03. The van der Waals surface area contributed by atoms with E-state index in [1.807, 2.05) is 30.3 Å². The molecule has 0 saturated heterocycles. The summed E-state index contributed by atoms with van der Waals surface area (Å²) in [5.41, 5.74) is 2.40. The first-order valence-electron chi connectivity index (χ1n) is 3.63. The summed E-state index contributed by atoms with van der Waals surface area (Å²) in [6.07, 6.45) is 0. The zero-order chi connectivity index (χ0) is 8.32. The molecule has 0 unspecified atom stereocenters. The first-order valence-corrected chi connectivity index (χ1v) is 6.63. The number of nitriles is 1. The van der Waals surface area contributed by atoms with E-state index >= 15 is 0 Å². The molecule has 0 spiro atoms. The summed E-state index contributed by atoms with van der Waals surface area (Å²) in [5.74, 6) is 0. The largest absolute Gasteiger partial charge is 0.206 e. The van der Waals surface area contributed by atoms with Gasteiger partial charge >= 0.3 is 0 Å². The van der Waals surface area contributed by atoms with Gasteiger partial charge in [-0.2, -0.15) is 0 Å². The summed E-state index contributed by atoms with van der Waals surface area (Å²) in [6.45, 7) is 4.12. The lowest BCUT2D eigenvalue weighted by molar-refractivity contribution is 1.54. The number of benzene rings is 1. The minimum Gasteiger partial charge on any atom is -0.206 e. The highest BCUT2D eigenvalue weighted by Crippen LogP contribution is 1.99. The van der Waals surface area contributed by atoms with Crippen molar-refractivity contribution in [3.63, 3.8) is 0 Å². The molecule has 2 heteroatoms. The Kier molecular flexibility index (Phi) is 2.11. The van der Waals surface area contributed by atoms with Crippen molar-refractivity contribution in [3.8, 4) is 5.69 Å². The second-order valence-corrected chi connectivity index (χ2v) is 7.15. The summed E-state index contributed by atoms with van der Waals surface area (Å²) >= 11 is 0. The second-order valence-electron chi connectivity index (χ2n) is 3.10. The number of nitrogens with zero attached hydrogens (tertiary/aromatic N) is 1. The lowest BCUT2D eigenvalue weighted by Gasteiger charge is -2.11. The van der Waals surface area contributed by atoms with Gasteiger partial charge in [0, 0.05) is 5.69 Å². The molecule has 0 saturated carbocycles. The maximum atomic E-state index is 8.86. The highest BCUT2D eigenvalue weighted by atomic mass is 28.3. The van der Waals surface area contributed by atoms with E-state index in [0.29, 0.717) is 0 Å². The van der Waals surface area contributed by atoms with Crippen molar-refractivity contribution in [1.29, 1.82) is 5.26 Å². The highest BCUT2D eigenvalue weighted by molar-refractivity contribution is 6.95. The molecule has 0 radical (unpaired) electrons. The van der Waals surface area contributed by atoms with Crippen molar-refractivity contribution >= 4 is 13.3 Å². The SMILES string of the molecule is C[Si](C)(C#N)c1ccccc1. The van der Waals surface area contributed by atoms with Crippen LogP contribution in [0.5, 0.6) is 0 Å². The molecule has 0 atom stereocenters. The molecule has 1 aromatic carbocycles. The molecule has 1 aromatic rings. The summed E-state index contributed by atoms with van der Waals surface area (Å²) < 4.78 is 0. The van der Waals surface area contributed by atoms with Crippen molar-refractivity contribution in [2.45, 2.75) is 13.1 Å². The molecular formula is C9H11NSi. The van der Waals surface area contributed by atoms with Crippen LogP contribution in [0.3, 0.4) is 0 Å². The van der Waals surface area contributed by atoms with Crippen LogP contribution < -0.4 is 5.19 Å². The lowest BCUT2D eigenvalue weighted by atomic mass is 10.4. The van der Waals surface area contributed by atoms with Gasteiger partial charge < -0.3 is 0 Å². The van der Waals surface area contributed by atoms with Gasteiger partial charge in [-0.15, -0.1) is 0 Å². The average Bonchev–Trinajstić information content (AvgIpc) is 2.06. The fraction of sp³-hybridized carbons (Fsp3) is 0.222. The minimum atomic E-state index is -1.75. The summed E-state index contributed by atoms with van der Waals surface area (Å²) in [5, 5.41) is 10.1. The van der Waals surface area contributed by atoms with Crippen molar-refractivity contribution in [3.05, 3.63) is 30.3 Å². The monoisotopic (exact) mass is 161 g/mol. The number of hydrogen-bond donors (Lipinski definition) is 0. The van der Waals surface area contributed by atoms with E-state index in [9.17, 15) is 0 Å². The molecule has 0 aliphatic heterocycles. The molecule has 1 nitrogen and oxygen atoms in total. The van der Waals surface area contributed by atoms with Crippen LogP contribution >= 0.6 is 0 Å². The van der Waals surface area contributed by atoms with Crippen LogP contribution in [0.2, 0.25) is 13.1 Å². The average molecular weight is 161 g/mol. The molecule has 56 valence electrons. The van der Waals surface area contributed by atoms with Gasteiger partial charge in [-0.25, -0.2) is 5.26 Å². The quantitative estimate of drug-likeness (QED) is 0.575. The van der Waals surface area contributed by atoms with Crippen molar-refractivity contribution in [1.82, 2.24) is 0 Å². The molecule has 0 fully saturated rings. The molecule has 0 aliphatic carbocycles. The third kappa shape index (κ3) is 1.69. The van der Waals surface area contributed by atoms with Gasteiger partial charge in [0.05, 0.1) is 0 Å². The molecule has 0 N–H and O–H groups in total. The molecule has 11 heavy (non-hydrogen) atoms. The Labute approximate surface area is 68.3 Å². The van der Waals surface area contributed by atoms with E-state index < -0.39 is 8.07 Å². The van der Waals surface area contributed by atoms with Crippen molar-refractivity contribution in [2.75, 3.05) is 0 Å². The zero-order valence-electron chi connectivity index (χ0n) is 6.83. The molecular weight excluding hydrogens is 150 g/mol. The molecule has 1 rings (SSSR count). The van der Waals surface area contributed by atoms with Gasteiger partial charge in [-0.3, -0.25) is 0 Å². The van der Waals surface area contributed by atoms with Crippen molar-refractivity contribution in [2.24, 2.45) is 0 Å². The Morgan fingerprint density at radius 1 is 1.18 bits per heavy atom. The Balaban J connectivity index is 3.05. The summed E-state index contributed by atoms with van der Waals surface area (Å²) in [6, 6.07) is 10.0. The van der Waals surface area contributed by atoms with Crippen LogP contribution in [0.4, 0.5) is 0 Å². The third-order valence-electron chi connectivity index (χ3n) is 1.77. The van der Waals surface area contributed by atoms with E-state index in [-0.39, 0.29) is 0 Å². The van der Waals surface area contributed by atoms with Gasteiger partial charge in [-0.1, -0.05) is 43.4 Å². The van der Waals surface area contributed by atoms with Crippen LogP contribution in [0, 0.1) is 11.0 Å². The van der Waals surface area contributed by atoms with Gasteiger partial charge in [0.25, 0.3) is 0 Å². The van der Waals surface area contributed by atoms with Crippen LogP contribution in [0.1, 0.15) is 0 Å². The molecule has 0 aliphatic rings. The van der Waals surface area contributed by atoms with Gasteiger partial charge in [0.2, 0.25) is 0 Å². The Bertz CT molecular complexity index is 271. The maximum absolute atomic E-state index is 8.86. The third-order valence-corrected chi connectivity index (χ3v) is 4.11. The minimum absolute atomic E-state index is 1.21. The molecule has 0 bridgehead atoms. The van der Waals surface area contributed by atoms with E-state index in [2.05, 4.69) is 18.8 Å². The molecule has 0 aromatic heterocycles. The second kappa shape index (κ2) is 2.89. The van der Waals surface area contributed by atoms with E-state index in [0.717, 1.165) is 0 Å². The Morgan fingerprint density at radius 3 is 2.18 bits per heavy atom. The predicted octanol–water partition coefficient (Wildman–Crippen LogP) is 1.66. The fourth-order valence-corrected chi connectivity index (χ4v) is 2.07. The Morgan fingerprint density at radius 2 is 1.73 bits per heavy atom. The van der Waals surface area contributed by atoms with Crippen LogP contribution in [0.25, 0.3) is 0 Å². The van der Waals surface area contributed by atoms with E-state index in [1.54, 1.807) is 0 Å². The zero-order valence-corrected chi connectivity index (χ0v) is 7.83. The summed E-state index contributed by atoms with van der Waals surface area (Å²) in [4.78, 5) is 0. The normalized spacial score (nSPS) is 10.6. The first-order chi connectivity index (χ1) is 5.17. The molecule has 0 amide bonds. The lowest BCUT2D eigenvalue weighted by Crippen LogP contribution is -2.39. The van der Waals surface area contributed by atoms with Crippen LogP contribution in [0.15, 0.2) is 30.3 Å². The van der Waals surface area contributed by atoms with E-state index in [4.69, 9.17) is 5.26 Å². The predicted molar refractivity (Wildman–Crippen MR) is 49.2 cm³/mol. The highest BCUT2D eigenvalue weighted by Gasteiger charge is 2.22. The standard InChI is InChI=1S/C9H11NSi/c1-11(2,8-10)9-6-4-3-5-7-9/h3-7H,1-2H3. The Hall–Kier alpha value is -1.07.